The van der Waals surface area contributed by atoms with E-state index in [2.05, 4.69) is 22.3 Å². The molecule has 0 saturated carbocycles. The van der Waals surface area contributed by atoms with Gasteiger partial charge >= 0.3 is 0 Å². The van der Waals surface area contributed by atoms with Gasteiger partial charge in [0.05, 0.1) is 11.9 Å². The molecule has 2 aromatic rings. The Labute approximate surface area is 173 Å². The monoisotopic (exact) mass is 415 g/mol. The van der Waals surface area contributed by atoms with Gasteiger partial charge in [-0.1, -0.05) is 36.4 Å². The summed E-state index contributed by atoms with van der Waals surface area (Å²) in [5.74, 6) is -0.335. The Balaban J connectivity index is 1.56. The molecule has 29 heavy (non-hydrogen) atoms. The first kappa shape index (κ1) is 21.3. The summed E-state index contributed by atoms with van der Waals surface area (Å²) in [5.41, 5.74) is 3.69. The molecular weight excluding hydrogens is 386 g/mol. The molecule has 0 bridgehead atoms. The molecule has 6 nitrogen and oxygen atoms in total. The van der Waals surface area contributed by atoms with Gasteiger partial charge in [0.2, 0.25) is 15.9 Å². The lowest BCUT2D eigenvalue weighted by Crippen LogP contribution is -2.40. The molecular formula is C22H29N3O3S. The fraction of sp³-hybridized carbons (Fsp3) is 0.409. The van der Waals surface area contributed by atoms with Crippen LogP contribution in [0.5, 0.6) is 0 Å². The molecule has 7 heteroatoms. The van der Waals surface area contributed by atoms with Gasteiger partial charge in [-0.05, 0) is 61.7 Å². The summed E-state index contributed by atoms with van der Waals surface area (Å²) in [7, 11) is -3.56. The molecule has 1 fully saturated rings. The first-order valence-corrected chi connectivity index (χ1v) is 11.8. The van der Waals surface area contributed by atoms with Gasteiger partial charge in [0, 0.05) is 13.1 Å². The number of hydrogen-bond donors (Lipinski definition) is 1. The maximum Gasteiger partial charge on any atom is 0.241 e. The van der Waals surface area contributed by atoms with Crippen LogP contribution in [0.2, 0.25) is 0 Å². The van der Waals surface area contributed by atoms with Crippen LogP contribution < -0.4 is 9.62 Å². The van der Waals surface area contributed by atoms with Crippen LogP contribution in [0.25, 0.3) is 0 Å². The number of likely N-dealkylation sites (tertiary alicyclic amines) is 1. The molecule has 1 saturated heterocycles. The Hall–Kier alpha value is -2.38. The lowest BCUT2D eigenvalue weighted by Gasteiger charge is -2.22. The highest BCUT2D eigenvalue weighted by Crippen LogP contribution is 2.18. The molecule has 156 valence electrons. The van der Waals surface area contributed by atoms with Crippen molar-refractivity contribution < 1.29 is 13.2 Å². The van der Waals surface area contributed by atoms with Gasteiger partial charge in [-0.2, -0.15) is 0 Å². The number of amides is 1. The molecule has 1 heterocycles. The number of nitrogens with zero attached hydrogens (tertiary/aromatic N) is 2. The normalized spacial score (nSPS) is 14.7. The second kappa shape index (κ2) is 9.41. The standard InChI is InChI=1S/C22H29N3O3S/c1-18-6-5-7-21(14-18)25(29(2,27)28)17-22(26)23-15-19-8-10-20(11-9-19)16-24-12-3-4-13-24/h5-11,14H,3-4,12-13,15-17H2,1-2H3,(H,23,26). The third kappa shape index (κ3) is 6.30. The van der Waals surface area contributed by atoms with Crippen LogP contribution >= 0.6 is 0 Å². The third-order valence-corrected chi connectivity index (χ3v) is 6.24. The highest BCUT2D eigenvalue weighted by molar-refractivity contribution is 7.92. The lowest BCUT2D eigenvalue weighted by atomic mass is 10.1. The van der Waals surface area contributed by atoms with E-state index >= 15 is 0 Å². The highest BCUT2D eigenvalue weighted by atomic mass is 32.2. The number of hydrogen-bond acceptors (Lipinski definition) is 4. The Kier molecular flexibility index (Phi) is 6.92. The molecule has 1 N–H and O–H groups in total. The van der Waals surface area contributed by atoms with E-state index in [0.717, 1.165) is 41.3 Å². The van der Waals surface area contributed by atoms with Crippen LogP contribution in [0.1, 0.15) is 29.5 Å². The zero-order valence-corrected chi connectivity index (χ0v) is 17.9. The van der Waals surface area contributed by atoms with E-state index in [1.807, 2.05) is 25.1 Å². The molecule has 0 aliphatic carbocycles. The van der Waals surface area contributed by atoms with Crippen molar-refractivity contribution in [3.8, 4) is 0 Å². The minimum atomic E-state index is -3.56. The van der Waals surface area contributed by atoms with Crippen LogP contribution in [-0.4, -0.2) is 45.1 Å². The maximum atomic E-state index is 12.4. The largest absolute Gasteiger partial charge is 0.350 e. The van der Waals surface area contributed by atoms with Crippen LogP contribution in [-0.2, 0) is 27.9 Å². The molecule has 0 spiro atoms. The quantitative estimate of drug-likeness (QED) is 0.720. The van der Waals surface area contributed by atoms with Crippen molar-refractivity contribution in [1.29, 1.82) is 0 Å². The van der Waals surface area contributed by atoms with Crippen molar-refractivity contribution in [3.05, 3.63) is 65.2 Å². The Morgan fingerprint density at radius 2 is 1.72 bits per heavy atom. The SMILES string of the molecule is Cc1cccc(N(CC(=O)NCc2ccc(CN3CCCC3)cc2)S(C)(=O)=O)c1. The van der Waals surface area contributed by atoms with Crippen LogP contribution in [0.15, 0.2) is 48.5 Å². The second-order valence-electron chi connectivity index (χ2n) is 7.69. The number of carbonyl (C=O) groups is 1. The van der Waals surface area contributed by atoms with Crippen LogP contribution in [0.3, 0.4) is 0 Å². The van der Waals surface area contributed by atoms with Gasteiger partial charge < -0.3 is 5.32 Å². The van der Waals surface area contributed by atoms with E-state index in [0.29, 0.717) is 12.2 Å². The minimum Gasteiger partial charge on any atom is -0.350 e. The number of aryl methyl sites for hydroxylation is 1. The van der Waals surface area contributed by atoms with Crippen molar-refractivity contribution in [1.82, 2.24) is 10.2 Å². The van der Waals surface area contributed by atoms with Crippen LogP contribution in [0.4, 0.5) is 5.69 Å². The number of anilines is 1. The number of benzene rings is 2. The first-order valence-electron chi connectivity index (χ1n) is 9.92. The van der Waals surface area contributed by atoms with Gasteiger partial charge in [-0.15, -0.1) is 0 Å². The molecule has 0 radical (unpaired) electrons. The van der Waals surface area contributed by atoms with Crippen molar-refractivity contribution in [2.45, 2.75) is 32.9 Å². The van der Waals surface area contributed by atoms with E-state index in [-0.39, 0.29) is 12.5 Å². The van der Waals surface area contributed by atoms with Gasteiger partial charge in [0.1, 0.15) is 6.54 Å². The summed E-state index contributed by atoms with van der Waals surface area (Å²) in [4.78, 5) is 14.9. The van der Waals surface area contributed by atoms with E-state index in [9.17, 15) is 13.2 Å². The van der Waals surface area contributed by atoms with Gasteiger partial charge in [0.25, 0.3) is 0 Å². The van der Waals surface area contributed by atoms with Crippen molar-refractivity contribution in [2.24, 2.45) is 0 Å². The summed E-state index contributed by atoms with van der Waals surface area (Å²) >= 11 is 0. The average molecular weight is 416 g/mol. The summed E-state index contributed by atoms with van der Waals surface area (Å²) in [6.07, 6.45) is 3.66. The van der Waals surface area contributed by atoms with Gasteiger partial charge in [-0.3, -0.25) is 14.0 Å². The zero-order valence-electron chi connectivity index (χ0n) is 17.1. The minimum absolute atomic E-state index is 0.241. The fourth-order valence-electron chi connectivity index (χ4n) is 3.53. The lowest BCUT2D eigenvalue weighted by molar-refractivity contribution is -0.119. The van der Waals surface area contributed by atoms with Gasteiger partial charge in [-0.25, -0.2) is 8.42 Å². The maximum absolute atomic E-state index is 12.4. The van der Waals surface area contributed by atoms with Crippen molar-refractivity contribution in [3.63, 3.8) is 0 Å². The van der Waals surface area contributed by atoms with Crippen molar-refractivity contribution in [2.75, 3.05) is 30.2 Å². The fourth-order valence-corrected chi connectivity index (χ4v) is 4.38. The zero-order chi connectivity index (χ0) is 20.9. The number of carbonyl (C=O) groups excluding carboxylic acids is 1. The van der Waals surface area contributed by atoms with Crippen molar-refractivity contribution >= 4 is 21.6 Å². The average Bonchev–Trinajstić information content (AvgIpc) is 3.18. The van der Waals surface area contributed by atoms with E-state index in [1.54, 1.807) is 18.2 Å². The Morgan fingerprint density at radius 3 is 2.34 bits per heavy atom. The van der Waals surface area contributed by atoms with E-state index < -0.39 is 10.0 Å². The third-order valence-electron chi connectivity index (χ3n) is 5.09. The molecule has 1 aliphatic heterocycles. The van der Waals surface area contributed by atoms with Gasteiger partial charge in [0.15, 0.2) is 0 Å². The number of nitrogens with one attached hydrogen (secondary N) is 1. The molecule has 2 aromatic carbocycles. The predicted octanol–water partition coefficient (Wildman–Crippen LogP) is 2.67. The summed E-state index contributed by atoms with van der Waals surface area (Å²) in [5, 5.41) is 2.82. The molecule has 3 rings (SSSR count). The molecule has 1 aliphatic rings. The highest BCUT2D eigenvalue weighted by Gasteiger charge is 2.20. The summed E-state index contributed by atoms with van der Waals surface area (Å²) < 4.78 is 25.5. The Morgan fingerprint density at radius 1 is 1.07 bits per heavy atom. The van der Waals surface area contributed by atoms with Crippen LogP contribution in [0, 0.1) is 6.92 Å². The number of sulfonamides is 1. The predicted molar refractivity (Wildman–Crippen MR) is 116 cm³/mol. The number of rotatable bonds is 8. The van der Waals surface area contributed by atoms with E-state index in [4.69, 9.17) is 0 Å². The Bertz CT molecular complexity index is 936. The topological polar surface area (TPSA) is 69.7 Å². The summed E-state index contributed by atoms with van der Waals surface area (Å²) in [6, 6.07) is 15.3. The molecule has 0 unspecified atom stereocenters. The first-order chi connectivity index (χ1) is 13.8. The smallest absolute Gasteiger partial charge is 0.241 e. The molecule has 1 amide bonds. The van der Waals surface area contributed by atoms with E-state index in [1.165, 1.54) is 18.4 Å². The summed E-state index contributed by atoms with van der Waals surface area (Å²) in [6.45, 7) is 5.30. The second-order valence-corrected chi connectivity index (χ2v) is 9.59. The molecule has 0 aromatic heterocycles. The molecule has 0 atom stereocenters.